The highest BCUT2D eigenvalue weighted by Crippen LogP contribution is 2.32. The third-order valence-corrected chi connectivity index (χ3v) is 5.97. The Balaban J connectivity index is 1.48. The lowest BCUT2D eigenvalue weighted by molar-refractivity contribution is -0.132. The Morgan fingerprint density at radius 3 is 2.52 bits per heavy atom. The van der Waals surface area contributed by atoms with Crippen molar-refractivity contribution in [1.29, 1.82) is 0 Å². The van der Waals surface area contributed by atoms with Gasteiger partial charge in [-0.25, -0.2) is 8.78 Å². The average Bonchev–Trinajstić information content (AvgIpc) is 3.01. The maximum atomic E-state index is 14.1. The first kappa shape index (κ1) is 19.5. The first-order valence-corrected chi connectivity index (χ1v) is 9.74. The molecule has 2 aromatic carbocycles. The Kier molecular flexibility index (Phi) is 5.08. The highest BCUT2D eigenvalue weighted by atomic mass is 19.1. The van der Waals surface area contributed by atoms with Crippen molar-refractivity contribution in [3.63, 3.8) is 0 Å². The van der Waals surface area contributed by atoms with E-state index in [-0.39, 0.29) is 30.7 Å². The fraction of sp³-hybridized carbons (Fsp3) is 0.364. The Morgan fingerprint density at radius 2 is 1.83 bits per heavy atom. The molecule has 5 nitrogen and oxygen atoms in total. The van der Waals surface area contributed by atoms with E-state index >= 15 is 0 Å². The third-order valence-electron chi connectivity index (χ3n) is 5.97. The summed E-state index contributed by atoms with van der Waals surface area (Å²) in [7, 11) is 0. The topological polar surface area (TPSA) is 52.7 Å². The fourth-order valence-corrected chi connectivity index (χ4v) is 4.14. The van der Waals surface area contributed by atoms with Crippen LogP contribution in [0.1, 0.15) is 34.3 Å². The molecule has 2 aliphatic rings. The second kappa shape index (κ2) is 7.55. The number of rotatable bonds is 3. The summed E-state index contributed by atoms with van der Waals surface area (Å²) in [6, 6.07) is 10.9. The lowest BCUT2D eigenvalue weighted by Crippen LogP contribution is -2.59. The van der Waals surface area contributed by atoms with Crippen LogP contribution in [0.25, 0.3) is 0 Å². The van der Waals surface area contributed by atoms with E-state index in [0.717, 1.165) is 0 Å². The van der Waals surface area contributed by atoms with Crippen LogP contribution in [0.4, 0.5) is 8.78 Å². The van der Waals surface area contributed by atoms with Crippen LogP contribution >= 0.6 is 0 Å². The molecule has 152 valence electrons. The van der Waals surface area contributed by atoms with Gasteiger partial charge in [0, 0.05) is 37.1 Å². The SMILES string of the molecule is Cc1ccc(C(=O)N2CCC3(CC2)NCC(=O)N3Cc2ccccc2F)cc1F. The van der Waals surface area contributed by atoms with Crippen molar-refractivity contribution in [2.45, 2.75) is 32.0 Å². The summed E-state index contributed by atoms with van der Waals surface area (Å²) in [6.45, 7) is 2.91. The summed E-state index contributed by atoms with van der Waals surface area (Å²) in [5.74, 6) is -1.03. The summed E-state index contributed by atoms with van der Waals surface area (Å²) in [6.07, 6.45) is 1.07. The number of hydrogen-bond acceptors (Lipinski definition) is 3. The van der Waals surface area contributed by atoms with Gasteiger partial charge >= 0.3 is 0 Å². The number of hydrogen-bond donors (Lipinski definition) is 1. The number of benzene rings is 2. The molecule has 0 bridgehead atoms. The molecule has 4 rings (SSSR count). The Hall–Kier alpha value is -2.80. The minimum absolute atomic E-state index is 0.0753. The van der Waals surface area contributed by atoms with Gasteiger partial charge in [0.15, 0.2) is 0 Å². The molecule has 2 aliphatic heterocycles. The fourth-order valence-electron chi connectivity index (χ4n) is 4.14. The van der Waals surface area contributed by atoms with E-state index in [1.807, 2.05) is 0 Å². The van der Waals surface area contributed by atoms with Gasteiger partial charge in [-0.1, -0.05) is 24.3 Å². The van der Waals surface area contributed by atoms with Gasteiger partial charge in [-0.2, -0.15) is 0 Å². The largest absolute Gasteiger partial charge is 0.338 e. The van der Waals surface area contributed by atoms with Crippen LogP contribution in [0, 0.1) is 18.6 Å². The first-order chi connectivity index (χ1) is 13.9. The van der Waals surface area contributed by atoms with Crippen molar-refractivity contribution < 1.29 is 18.4 Å². The molecule has 7 heteroatoms. The van der Waals surface area contributed by atoms with E-state index < -0.39 is 11.5 Å². The number of nitrogens with zero attached hydrogens (tertiary/aromatic N) is 2. The van der Waals surface area contributed by atoms with Crippen molar-refractivity contribution in [3.05, 3.63) is 70.8 Å². The number of carbonyl (C=O) groups is 2. The van der Waals surface area contributed by atoms with Gasteiger partial charge in [0.05, 0.1) is 18.8 Å². The normalized spacial score (nSPS) is 18.5. The molecule has 0 unspecified atom stereocenters. The molecular weight excluding hydrogens is 376 g/mol. The van der Waals surface area contributed by atoms with Gasteiger partial charge < -0.3 is 9.80 Å². The van der Waals surface area contributed by atoms with Crippen molar-refractivity contribution in [1.82, 2.24) is 15.1 Å². The lowest BCUT2D eigenvalue weighted by Gasteiger charge is -2.44. The highest BCUT2D eigenvalue weighted by Gasteiger charge is 2.47. The quantitative estimate of drug-likeness (QED) is 0.864. The summed E-state index contributed by atoms with van der Waals surface area (Å²) in [4.78, 5) is 28.6. The zero-order valence-corrected chi connectivity index (χ0v) is 16.3. The third kappa shape index (κ3) is 3.62. The molecular formula is C22H23F2N3O2. The Bertz CT molecular complexity index is 955. The van der Waals surface area contributed by atoms with Gasteiger partial charge in [0.25, 0.3) is 5.91 Å². The predicted octanol–water partition coefficient (Wildman–Crippen LogP) is 2.84. The molecule has 0 atom stereocenters. The van der Waals surface area contributed by atoms with E-state index in [2.05, 4.69) is 5.32 Å². The standard InChI is InChI=1S/C22H23F2N3O2/c1-15-6-7-16(12-19(15)24)21(29)26-10-8-22(9-11-26)25-13-20(28)27(22)14-17-4-2-3-5-18(17)23/h2-7,12,25H,8-11,13-14H2,1H3. The van der Waals surface area contributed by atoms with Gasteiger partial charge in [-0.3, -0.25) is 14.9 Å². The van der Waals surface area contributed by atoms with Gasteiger partial charge in [-0.15, -0.1) is 0 Å². The van der Waals surface area contributed by atoms with Gasteiger partial charge in [-0.05, 0) is 30.7 Å². The zero-order valence-electron chi connectivity index (χ0n) is 16.3. The number of amides is 2. The molecule has 2 aromatic rings. The second-order valence-electron chi connectivity index (χ2n) is 7.71. The molecule has 2 fully saturated rings. The van der Waals surface area contributed by atoms with Crippen molar-refractivity contribution in [2.24, 2.45) is 0 Å². The molecule has 0 saturated carbocycles. The second-order valence-corrected chi connectivity index (χ2v) is 7.71. The van der Waals surface area contributed by atoms with E-state index in [1.165, 1.54) is 12.1 Å². The first-order valence-electron chi connectivity index (χ1n) is 9.74. The van der Waals surface area contributed by atoms with Crippen molar-refractivity contribution in [3.8, 4) is 0 Å². The minimum atomic E-state index is -0.589. The molecule has 2 saturated heterocycles. The van der Waals surface area contributed by atoms with Crippen LogP contribution in [0.15, 0.2) is 42.5 Å². The molecule has 29 heavy (non-hydrogen) atoms. The highest BCUT2D eigenvalue weighted by molar-refractivity contribution is 5.94. The summed E-state index contributed by atoms with van der Waals surface area (Å²) in [5.41, 5.74) is 0.700. The number of aryl methyl sites for hydroxylation is 1. The maximum absolute atomic E-state index is 14.1. The monoisotopic (exact) mass is 399 g/mol. The number of piperidine rings is 1. The molecule has 0 aromatic heterocycles. The zero-order chi connectivity index (χ0) is 20.6. The molecule has 2 amide bonds. The number of halogens is 2. The molecule has 0 radical (unpaired) electrons. The van der Waals surface area contributed by atoms with Crippen LogP contribution in [-0.4, -0.2) is 46.9 Å². The molecule has 0 aliphatic carbocycles. The molecule has 1 N–H and O–H groups in total. The van der Waals surface area contributed by atoms with Gasteiger partial charge in [0.2, 0.25) is 5.91 Å². The number of likely N-dealkylation sites (tertiary alicyclic amines) is 1. The summed E-state index contributed by atoms with van der Waals surface area (Å²) >= 11 is 0. The summed E-state index contributed by atoms with van der Waals surface area (Å²) in [5, 5.41) is 3.28. The Morgan fingerprint density at radius 1 is 1.10 bits per heavy atom. The number of nitrogens with one attached hydrogen (secondary N) is 1. The van der Waals surface area contributed by atoms with Crippen molar-refractivity contribution >= 4 is 11.8 Å². The number of carbonyl (C=O) groups excluding carboxylic acids is 2. The van der Waals surface area contributed by atoms with Crippen molar-refractivity contribution in [2.75, 3.05) is 19.6 Å². The Labute approximate surface area is 168 Å². The van der Waals surface area contributed by atoms with E-state index in [1.54, 1.807) is 47.1 Å². The van der Waals surface area contributed by atoms with Crippen LogP contribution in [0.5, 0.6) is 0 Å². The van der Waals surface area contributed by atoms with Crippen LogP contribution in [0.3, 0.4) is 0 Å². The molecule has 1 spiro atoms. The van der Waals surface area contributed by atoms with Crippen LogP contribution in [0.2, 0.25) is 0 Å². The maximum Gasteiger partial charge on any atom is 0.253 e. The van der Waals surface area contributed by atoms with E-state index in [0.29, 0.717) is 42.6 Å². The summed E-state index contributed by atoms with van der Waals surface area (Å²) < 4.78 is 27.9. The van der Waals surface area contributed by atoms with Gasteiger partial charge in [0.1, 0.15) is 11.6 Å². The van der Waals surface area contributed by atoms with Crippen LogP contribution in [-0.2, 0) is 11.3 Å². The average molecular weight is 399 g/mol. The van der Waals surface area contributed by atoms with E-state index in [4.69, 9.17) is 0 Å². The van der Waals surface area contributed by atoms with Crippen LogP contribution < -0.4 is 5.32 Å². The minimum Gasteiger partial charge on any atom is -0.338 e. The smallest absolute Gasteiger partial charge is 0.253 e. The van der Waals surface area contributed by atoms with E-state index in [9.17, 15) is 18.4 Å². The predicted molar refractivity (Wildman–Crippen MR) is 104 cm³/mol. The molecule has 2 heterocycles. The lowest BCUT2D eigenvalue weighted by atomic mass is 9.94.